The van der Waals surface area contributed by atoms with Gasteiger partial charge in [-0.05, 0) is 62.6 Å². The summed E-state index contributed by atoms with van der Waals surface area (Å²) in [6, 6.07) is 14.1. The minimum absolute atomic E-state index is 0.248. The monoisotopic (exact) mass is 381 g/mol. The predicted octanol–water partition coefficient (Wildman–Crippen LogP) is 3.13. The molecule has 148 valence electrons. The molecule has 0 aromatic heterocycles. The van der Waals surface area contributed by atoms with Gasteiger partial charge in [-0.25, -0.2) is 10.2 Å². The van der Waals surface area contributed by atoms with Gasteiger partial charge in [-0.3, -0.25) is 10.2 Å². The molecule has 1 aliphatic heterocycles. The van der Waals surface area contributed by atoms with E-state index in [1.165, 1.54) is 6.42 Å². The number of carbonyl (C=O) groups excluding carboxylic acids is 2. The summed E-state index contributed by atoms with van der Waals surface area (Å²) in [5.74, 6) is -0.735. The van der Waals surface area contributed by atoms with E-state index in [1.54, 1.807) is 38.1 Å². The highest BCUT2D eigenvalue weighted by Gasteiger charge is 2.26. The van der Waals surface area contributed by atoms with Crippen molar-refractivity contribution in [1.29, 1.82) is 0 Å². The van der Waals surface area contributed by atoms with Crippen LogP contribution in [0.5, 0.6) is 0 Å². The fourth-order valence-electron chi connectivity index (χ4n) is 3.12. The minimum atomic E-state index is -0.791. The molecule has 0 aliphatic carbocycles. The lowest BCUT2D eigenvalue weighted by Crippen LogP contribution is -2.44. The molecule has 2 N–H and O–H groups in total. The second-order valence-electron chi connectivity index (χ2n) is 7.26. The van der Waals surface area contributed by atoms with Crippen LogP contribution in [0.3, 0.4) is 0 Å². The predicted molar refractivity (Wildman–Crippen MR) is 109 cm³/mol. The Bertz CT molecular complexity index is 832. The van der Waals surface area contributed by atoms with Crippen molar-refractivity contribution in [3.63, 3.8) is 0 Å². The lowest BCUT2D eigenvalue weighted by Gasteiger charge is -2.34. The highest BCUT2D eigenvalue weighted by Crippen LogP contribution is 2.27. The number of nitrogens with one attached hydrogen (secondary N) is 2. The smallest absolute Gasteiger partial charge is 0.329 e. The molecule has 1 heterocycles. The van der Waals surface area contributed by atoms with Gasteiger partial charge in [0.05, 0.1) is 6.10 Å². The van der Waals surface area contributed by atoms with E-state index in [2.05, 4.69) is 21.8 Å². The number of hydrogen-bond acceptors (Lipinski definition) is 5. The zero-order chi connectivity index (χ0) is 20.1. The van der Waals surface area contributed by atoms with Gasteiger partial charge in [0.1, 0.15) is 6.04 Å². The largest absolute Gasteiger partial charge is 0.462 e. The zero-order valence-electron chi connectivity index (χ0n) is 16.6. The summed E-state index contributed by atoms with van der Waals surface area (Å²) in [6.45, 7) is 7.69. The zero-order valence-corrected chi connectivity index (χ0v) is 16.6. The van der Waals surface area contributed by atoms with Crippen molar-refractivity contribution in [3.8, 4) is 0 Å². The molecule has 0 saturated carbocycles. The average molecular weight is 381 g/mol. The Labute approximate surface area is 165 Å². The number of amides is 1. The molecule has 0 spiro atoms. The van der Waals surface area contributed by atoms with E-state index < -0.39 is 12.0 Å². The number of nitrogens with zero attached hydrogens (tertiary/aromatic N) is 1. The van der Waals surface area contributed by atoms with E-state index in [0.29, 0.717) is 5.56 Å². The number of rotatable bonds is 7. The maximum absolute atomic E-state index is 12.7. The number of hydrazine groups is 1. The molecule has 1 amide bonds. The van der Waals surface area contributed by atoms with Crippen LogP contribution >= 0.6 is 0 Å². The molecule has 6 heteroatoms. The Hall–Kier alpha value is -2.86. The quantitative estimate of drug-likeness (QED) is 0.570. The third kappa shape index (κ3) is 4.70. The molecule has 0 bridgehead atoms. The van der Waals surface area contributed by atoms with Crippen LogP contribution in [-0.4, -0.2) is 31.1 Å². The first-order valence-corrected chi connectivity index (χ1v) is 9.62. The van der Waals surface area contributed by atoms with Crippen LogP contribution in [0.25, 0.3) is 0 Å². The maximum atomic E-state index is 12.7. The minimum Gasteiger partial charge on any atom is -0.462 e. The Balaban J connectivity index is 1.78. The van der Waals surface area contributed by atoms with Crippen LogP contribution in [0.1, 0.15) is 47.8 Å². The number of ether oxygens (including phenoxy) is 1. The summed E-state index contributed by atoms with van der Waals surface area (Å²) >= 11 is 0. The van der Waals surface area contributed by atoms with Crippen molar-refractivity contribution < 1.29 is 14.3 Å². The molecule has 6 nitrogen and oxygen atoms in total. The number of aryl methyl sites for hydroxylation is 1. The molecule has 2 aromatic carbocycles. The molecule has 2 aromatic rings. The standard InChI is InChI=1S/C22H27N3O3/c1-15(2)28-22(27)20(23-24-21(26)17-8-5-4-6-9-17)19-11-10-18(14-16(19)3)25-12-7-13-25/h4-6,8-11,14-15,20,23H,7,12-13H2,1-3H3,(H,24,26)/t20-/m0/s1. The van der Waals surface area contributed by atoms with Gasteiger partial charge in [0.2, 0.25) is 0 Å². The Morgan fingerprint density at radius 3 is 2.36 bits per heavy atom. The molecule has 1 fully saturated rings. The van der Waals surface area contributed by atoms with E-state index in [4.69, 9.17) is 4.74 Å². The number of hydrogen-bond donors (Lipinski definition) is 2. The van der Waals surface area contributed by atoms with Crippen LogP contribution in [-0.2, 0) is 9.53 Å². The first-order valence-electron chi connectivity index (χ1n) is 9.62. The highest BCUT2D eigenvalue weighted by atomic mass is 16.5. The van der Waals surface area contributed by atoms with Gasteiger partial charge in [0, 0.05) is 24.3 Å². The topological polar surface area (TPSA) is 70.7 Å². The van der Waals surface area contributed by atoms with Crippen LogP contribution in [0, 0.1) is 6.92 Å². The van der Waals surface area contributed by atoms with Gasteiger partial charge in [-0.15, -0.1) is 0 Å². The van der Waals surface area contributed by atoms with Crippen molar-refractivity contribution >= 4 is 17.6 Å². The molecule has 1 atom stereocenters. The summed E-state index contributed by atoms with van der Waals surface area (Å²) in [6.07, 6.45) is 0.958. The summed E-state index contributed by atoms with van der Waals surface area (Å²) < 4.78 is 5.41. The normalized spacial score (nSPS) is 14.4. The van der Waals surface area contributed by atoms with Crippen molar-refractivity contribution in [1.82, 2.24) is 10.9 Å². The molecule has 1 aliphatic rings. The van der Waals surface area contributed by atoms with Crippen molar-refractivity contribution in [3.05, 3.63) is 65.2 Å². The molecular formula is C22H27N3O3. The van der Waals surface area contributed by atoms with Crippen LogP contribution < -0.4 is 15.8 Å². The highest BCUT2D eigenvalue weighted by molar-refractivity contribution is 5.94. The van der Waals surface area contributed by atoms with Crippen molar-refractivity contribution in [2.75, 3.05) is 18.0 Å². The number of anilines is 1. The summed E-state index contributed by atoms with van der Waals surface area (Å²) in [5, 5.41) is 0. The lowest BCUT2D eigenvalue weighted by molar-refractivity contribution is -0.150. The Morgan fingerprint density at radius 2 is 1.79 bits per heavy atom. The molecular weight excluding hydrogens is 354 g/mol. The fraction of sp³-hybridized carbons (Fsp3) is 0.364. The van der Waals surface area contributed by atoms with Crippen LogP contribution in [0.4, 0.5) is 5.69 Å². The maximum Gasteiger partial charge on any atom is 0.329 e. The first kappa shape index (κ1) is 19.9. The van der Waals surface area contributed by atoms with Crippen LogP contribution in [0.15, 0.2) is 48.5 Å². The van der Waals surface area contributed by atoms with Gasteiger partial charge >= 0.3 is 5.97 Å². The van der Waals surface area contributed by atoms with Gasteiger partial charge in [0.25, 0.3) is 5.91 Å². The summed E-state index contributed by atoms with van der Waals surface area (Å²) in [7, 11) is 0. The Morgan fingerprint density at radius 1 is 1.07 bits per heavy atom. The van der Waals surface area contributed by atoms with Crippen LogP contribution in [0.2, 0.25) is 0 Å². The van der Waals surface area contributed by atoms with Crippen molar-refractivity contribution in [2.24, 2.45) is 0 Å². The second-order valence-corrected chi connectivity index (χ2v) is 7.26. The lowest BCUT2D eigenvalue weighted by atomic mass is 9.99. The van der Waals surface area contributed by atoms with E-state index in [0.717, 1.165) is 29.9 Å². The molecule has 3 rings (SSSR count). The average Bonchev–Trinajstić information content (AvgIpc) is 2.62. The third-order valence-corrected chi connectivity index (χ3v) is 4.74. The molecule has 1 saturated heterocycles. The van der Waals surface area contributed by atoms with Gasteiger partial charge in [-0.1, -0.05) is 24.3 Å². The number of benzene rings is 2. The second kappa shape index (κ2) is 8.89. The third-order valence-electron chi connectivity index (χ3n) is 4.74. The van der Waals surface area contributed by atoms with E-state index in [1.807, 2.05) is 25.1 Å². The summed E-state index contributed by atoms with van der Waals surface area (Å²) in [4.78, 5) is 27.4. The van der Waals surface area contributed by atoms with Gasteiger partial charge in [0.15, 0.2) is 0 Å². The summed E-state index contributed by atoms with van der Waals surface area (Å²) in [5.41, 5.74) is 8.92. The number of carbonyl (C=O) groups is 2. The van der Waals surface area contributed by atoms with Gasteiger partial charge < -0.3 is 9.64 Å². The molecule has 0 radical (unpaired) electrons. The molecule has 0 unspecified atom stereocenters. The van der Waals surface area contributed by atoms with Gasteiger partial charge in [-0.2, -0.15) is 0 Å². The van der Waals surface area contributed by atoms with E-state index in [-0.39, 0.29) is 12.0 Å². The Kier molecular flexibility index (Phi) is 6.31. The van der Waals surface area contributed by atoms with E-state index in [9.17, 15) is 9.59 Å². The SMILES string of the molecule is Cc1cc(N2CCC2)ccc1[C@H](NNC(=O)c1ccccc1)C(=O)OC(C)C. The fourth-order valence-corrected chi connectivity index (χ4v) is 3.12. The van der Waals surface area contributed by atoms with E-state index >= 15 is 0 Å². The number of esters is 1. The first-order chi connectivity index (χ1) is 13.5. The molecule has 28 heavy (non-hydrogen) atoms. The van der Waals surface area contributed by atoms with Crippen molar-refractivity contribution in [2.45, 2.75) is 39.3 Å².